The van der Waals surface area contributed by atoms with Crippen molar-refractivity contribution in [2.45, 2.75) is 29.8 Å². The third-order valence-corrected chi connectivity index (χ3v) is 7.25. The highest BCUT2D eigenvalue weighted by Gasteiger charge is 2.42. The molecule has 0 N–H and O–H groups in total. The summed E-state index contributed by atoms with van der Waals surface area (Å²) in [6.45, 7) is 0.142. The molecule has 2 atom stereocenters. The van der Waals surface area contributed by atoms with Gasteiger partial charge in [-0.25, -0.2) is 9.69 Å². The van der Waals surface area contributed by atoms with Gasteiger partial charge in [-0.3, -0.25) is 9.00 Å². The number of aryl methyl sites for hydroxylation is 1. The van der Waals surface area contributed by atoms with Gasteiger partial charge in [0.25, 0.3) is 0 Å². The highest BCUT2D eigenvalue weighted by molar-refractivity contribution is 7.86. The lowest BCUT2D eigenvalue weighted by atomic mass is 10.2. The first-order valence-electron chi connectivity index (χ1n) is 8.02. The summed E-state index contributed by atoms with van der Waals surface area (Å²) in [4.78, 5) is 28.5. The van der Waals surface area contributed by atoms with Crippen LogP contribution in [-0.2, 0) is 26.8 Å². The molecular formula is C15H17ClN4O4S3. The van der Waals surface area contributed by atoms with Crippen LogP contribution in [0.25, 0.3) is 0 Å². The number of amides is 2. The van der Waals surface area contributed by atoms with Crippen LogP contribution in [0.4, 0.5) is 9.93 Å². The Balaban J connectivity index is 1.64. The maximum absolute atomic E-state index is 12.5. The fraction of sp³-hybridized carbons (Fsp3) is 0.467. The molecule has 2 amide bonds. The number of hydrogen-bond donors (Lipinski definition) is 0. The molecule has 1 fully saturated rings. The Morgan fingerprint density at radius 3 is 2.93 bits per heavy atom. The highest BCUT2D eigenvalue weighted by Crippen LogP contribution is 2.30. The number of ether oxygens (including phenoxy) is 1. The van der Waals surface area contributed by atoms with Crippen LogP contribution in [0.2, 0.25) is 0 Å². The number of rotatable bonds is 8. The quantitative estimate of drug-likeness (QED) is 0.267. The first-order valence-corrected chi connectivity index (χ1v) is 11.8. The van der Waals surface area contributed by atoms with Crippen molar-refractivity contribution in [2.75, 3.05) is 23.7 Å². The Labute approximate surface area is 171 Å². The maximum Gasteiger partial charge on any atom is 0.330 e. The van der Waals surface area contributed by atoms with E-state index in [0.29, 0.717) is 10.8 Å². The van der Waals surface area contributed by atoms with E-state index in [4.69, 9.17) is 16.3 Å². The van der Waals surface area contributed by atoms with Crippen LogP contribution >= 0.6 is 34.3 Å². The molecule has 2 aromatic rings. The first-order chi connectivity index (χ1) is 13.0. The SMILES string of the molecule is CS(=O)c1nnc(N2C(=O)N(CCl)CC2OC(=O)CCCc2cccs2)s1. The van der Waals surface area contributed by atoms with Gasteiger partial charge in [0.2, 0.25) is 15.7 Å². The van der Waals surface area contributed by atoms with Crippen molar-refractivity contribution in [3.63, 3.8) is 0 Å². The van der Waals surface area contributed by atoms with Gasteiger partial charge in [-0.15, -0.1) is 33.1 Å². The molecule has 1 aliphatic rings. The summed E-state index contributed by atoms with van der Waals surface area (Å²) in [5.41, 5.74) is 0. The smallest absolute Gasteiger partial charge is 0.330 e. The maximum atomic E-state index is 12.5. The van der Waals surface area contributed by atoms with Gasteiger partial charge in [-0.1, -0.05) is 17.4 Å². The largest absolute Gasteiger partial charge is 0.439 e. The summed E-state index contributed by atoms with van der Waals surface area (Å²) < 4.78 is 17.3. The van der Waals surface area contributed by atoms with Crippen LogP contribution in [0.5, 0.6) is 0 Å². The lowest BCUT2D eigenvalue weighted by Crippen LogP contribution is -2.37. The highest BCUT2D eigenvalue weighted by atomic mass is 35.5. The van der Waals surface area contributed by atoms with E-state index in [0.717, 1.165) is 17.8 Å². The molecule has 2 aromatic heterocycles. The summed E-state index contributed by atoms with van der Waals surface area (Å²) in [7, 11) is -1.31. The van der Waals surface area contributed by atoms with Gasteiger partial charge in [0.15, 0.2) is 0 Å². The average Bonchev–Trinajstić information content (AvgIpc) is 3.35. The van der Waals surface area contributed by atoms with Crippen molar-refractivity contribution in [3.8, 4) is 0 Å². The van der Waals surface area contributed by atoms with Crippen LogP contribution in [-0.4, -0.2) is 56.3 Å². The molecule has 0 aromatic carbocycles. The van der Waals surface area contributed by atoms with E-state index < -0.39 is 29.0 Å². The van der Waals surface area contributed by atoms with Crippen LogP contribution in [0, 0.1) is 0 Å². The molecule has 1 saturated heterocycles. The van der Waals surface area contributed by atoms with Crippen molar-refractivity contribution in [3.05, 3.63) is 22.4 Å². The van der Waals surface area contributed by atoms with Gasteiger partial charge in [0.05, 0.1) is 23.3 Å². The topological polar surface area (TPSA) is 92.7 Å². The van der Waals surface area contributed by atoms with Crippen LogP contribution in [0.1, 0.15) is 17.7 Å². The number of esters is 1. The zero-order chi connectivity index (χ0) is 19.4. The number of hydrogen-bond acceptors (Lipinski definition) is 8. The van der Waals surface area contributed by atoms with Crippen molar-refractivity contribution in [1.82, 2.24) is 15.1 Å². The molecule has 1 aliphatic heterocycles. The minimum absolute atomic E-state index is 0.0346. The summed E-state index contributed by atoms with van der Waals surface area (Å²) in [5, 5.41) is 9.96. The fourth-order valence-electron chi connectivity index (χ4n) is 2.51. The summed E-state index contributed by atoms with van der Waals surface area (Å²) in [6, 6.07) is 3.54. The molecule has 0 aliphatic carbocycles. The second-order valence-corrected chi connectivity index (χ2v) is 9.46. The van der Waals surface area contributed by atoms with Gasteiger partial charge in [0.1, 0.15) is 0 Å². The van der Waals surface area contributed by atoms with E-state index in [-0.39, 0.29) is 24.1 Å². The number of carbonyl (C=O) groups excluding carboxylic acids is 2. The molecule has 3 heterocycles. The van der Waals surface area contributed by atoms with Gasteiger partial charge in [-0.05, 0) is 24.3 Å². The zero-order valence-electron chi connectivity index (χ0n) is 14.4. The Kier molecular flexibility index (Phi) is 6.79. The van der Waals surface area contributed by atoms with Gasteiger partial charge < -0.3 is 9.64 Å². The number of thiophene rings is 1. The number of carbonyl (C=O) groups is 2. The van der Waals surface area contributed by atoms with Crippen molar-refractivity contribution < 1.29 is 18.5 Å². The lowest BCUT2D eigenvalue weighted by molar-refractivity contribution is -0.148. The summed E-state index contributed by atoms with van der Waals surface area (Å²) in [5.74, 6) is -0.394. The molecule has 146 valence electrons. The molecule has 8 nitrogen and oxygen atoms in total. The average molecular weight is 449 g/mol. The van der Waals surface area contributed by atoms with Gasteiger partial charge in [0, 0.05) is 17.6 Å². The lowest BCUT2D eigenvalue weighted by Gasteiger charge is -2.19. The molecule has 3 rings (SSSR count). The van der Waals surface area contributed by atoms with E-state index >= 15 is 0 Å². The van der Waals surface area contributed by atoms with Crippen LogP contribution < -0.4 is 4.90 Å². The molecule has 0 spiro atoms. The van der Waals surface area contributed by atoms with Crippen LogP contribution in [0.3, 0.4) is 0 Å². The number of urea groups is 1. The minimum atomic E-state index is -1.31. The van der Waals surface area contributed by atoms with Crippen LogP contribution in [0.15, 0.2) is 21.9 Å². The Bertz CT molecular complexity index is 829. The first kappa shape index (κ1) is 20.2. The molecule has 0 radical (unpaired) electrons. The van der Waals surface area contributed by atoms with E-state index in [1.54, 1.807) is 11.3 Å². The summed E-state index contributed by atoms with van der Waals surface area (Å²) >= 11 is 8.48. The predicted octanol–water partition coefficient (Wildman–Crippen LogP) is 2.67. The Morgan fingerprint density at radius 2 is 2.30 bits per heavy atom. The van der Waals surface area contributed by atoms with E-state index in [1.165, 1.54) is 20.9 Å². The Morgan fingerprint density at radius 1 is 1.48 bits per heavy atom. The second kappa shape index (κ2) is 9.09. The standard InChI is InChI=1S/C15H17ClN4O4S3/c1-27(23)14-18-17-13(26-14)20-11(8-19(9-16)15(20)22)24-12(21)6-2-4-10-5-3-7-25-10/h3,5,7,11H,2,4,6,8-9H2,1H3. The monoisotopic (exact) mass is 448 g/mol. The molecular weight excluding hydrogens is 432 g/mol. The number of aromatic nitrogens is 2. The molecule has 27 heavy (non-hydrogen) atoms. The van der Waals surface area contributed by atoms with Gasteiger partial charge in [-0.2, -0.15) is 0 Å². The molecule has 0 saturated carbocycles. The second-order valence-electron chi connectivity index (χ2n) is 5.68. The third kappa shape index (κ3) is 4.84. The van der Waals surface area contributed by atoms with Crippen molar-refractivity contribution >= 4 is 62.2 Å². The summed E-state index contributed by atoms with van der Waals surface area (Å²) in [6.07, 6.45) is 2.35. The fourth-order valence-corrected chi connectivity index (χ4v) is 4.92. The van der Waals surface area contributed by atoms with E-state index in [2.05, 4.69) is 10.2 Å². The minimum Gasteiger partial charge on any atom is -0.439 e. The molecule has 2 unspecified atom stereocenters. The number of alkyl halides is 1. The number of nitrogens with zero attached hydrogens (tertiary/aromatic N) is 4. The van der Waals surface area contributed by atoms with Crippen molar-refractivity contribution in [2.24, 2.45) is 0 Å². The normalized spacial score (nSPS) is 18.1. The Hall–Kier alpha value is -1.56. The number of halogens is 1. The van der Waals surface area contributed by atoms with Crippen molar-refractivity contribution in [1.29, 1.82) is 0 Å². The molecule has 0 bridgehead atoms. The molecule has 12 heteroatoms. The zero-order valence-corrected chi connectivity index (χ0v) is 17.6. The number of anilines is 1. The third-order valence-electron chi connectivity index (χ3n) is 3.78. The van der Waals surface area contributed by atoms with E-state index in [1.807, 2.05) is 17.5 Å². The van der Waals surface area contributed by atoms with E-state index in [9.17, 15) is 13.8 Å². The predicted molar refractivity (Wildman–Crippen MR) is 105 cm³/mol. The van der Waals surface area contributed by atoms with Gasteiger partial charge >= 0.3 is 12.0 Å².